The molecule has 0 aliphatic carbocycles. The fourth-order valence-electron chi connectivity index (χ4n) is 10.0. The summed E-state index contributed by atoms with van der Waals surface area (Å²) in [5.41, 5.74) is 15.4. The van der Waals surface area contributed by atoms with E-state index < -0.39 is 0 Å². The van der Waals surface area contributed by atoms with Gasteiger partial charge in [-0.25, -0.2) is 0 Å². The van der Waals surface area contributed by atoms with Crippen LogP contribution in [0.5, 0.6) is 0 Å². The summed E-state index contributed by atoms with van der Waals surface area (Å²) in [6.45, 7) is 0. The molecule has 1 nitrogen and oxygen atoms in total. The summed E-state index contributed by atoms with van der Waals surface area (Å²) in [6, 6.07) is 95.3. The lowest BCUT2D eigenvalue weighted by atomic mass is 9.84. The Hall–Kier alpha value is -8.52. The highest BCUT2D eigenvalue weighted by atomic mass is 15.1. The predicted molar refractivity (Wildman–Crippen MR) is 278 cm³/mol. The number of benzene rings is 12. The van der Waals surface area contributed by atoms with E-state index >= 15 is 0 Å². The van der Waals surface area contributed by atoms with Gasteiger partial charge in [-0.3, -0.25) is 0 Å². The van der Waals surface area contributed by atoms with Gasteiger partial charge in [-0.1, -0.05) is 231 Å². The van der Waals surface area contributed by atoms with E-state index in [1.807, 2.05) is 0 Å². The molecule has 0 heterocycles. The van der Waals surface area contributed by atoms with Crippen molar-refractivity contribution < 1.29 is 0 Å². The van der Waals surface area contributed by atoms with Gasteiger partial charge in [-0.2, -0.15) is 0 Å². The number of anilines is 3. The third-order valence-corrected chi connectivity index (χ3v) is 13.1. The van der Waals surface area contributed by atoms with Gasteiger partial charge in [-0.15, -0.1) is 0 Å². The van der Waals surface area contributed by atoms with Crippen LogP contribution >= 0.6 is 0 Å². The summed E-state index contributed by atoms with van der Waals surface area (Å²) in [6.07, 6.45) is 0. The van der Waals surface area contributed by atoms with Crippen molar-refractivity contribution >= 4 is 60.2 Å². The van der Waals surface area contributed by atoms with E-state index in [2.05, 4.69) is 266 Å². The molecule has 12 rings (SSSR count). The summed E-state index contributed by atoms with van der Waals surface area (Å²) in [4.78, 5) is 2.45. The van der Waals surface area contributed by atoms with Crippen molar-refractivity contribution in [2.75, 3.05) is 4.90 Å². The topological polar surface area (TPSA) is 3.24 Å². The number of rotatable bonds is 8. The van der Waals surface area contributed by atoms with Crippen molar-refractivity contribution in [3.05, 3.63) is 261 Å². The van der Waals surface area contributed by atoms with Gasteiger partial charge in [-0.05, 0) is 118 Å². The molecule has 0 aromatic heterocycles. The van der Waals surface area contributed by atoms with Gasteiger partial charge in [0, 0.05) is 16.6 Å². The Morgan fingerprint density at radius 3 is 1.37 bits per heavy atom. The lowest BCUT2D eigenvalue weighted by molar-refractivity contribution is 1.30. The van der Waals surface area contributed by atoms with Crippen molar-refractivity contribution in [1.29, 1.82) is 0 Å². The van der Waals surface area contributed by atoms with Gasteiger partial charge in [0.05, 0.1) is 11.4 Å². The molecule has 65 heavy (non-hydrogen) atoms. The van der Waals surface area contributed by atoms with E-state index in [1.165, 1.54) is 87.6 Å². The largest absolute Gasteiger partial charge is 0.309 e. The first-order valence-electron chi connectivity index (χ1n) is 22.4. The monoisotopic (exact) mass is 825 g/mol. The van der Waals surface area contributed by atoms with Gasteiger partial charge in [0.2, 0.25) is 0 Å². The molecule has 0 spiro atoms. The number of hydrogen-bond acceptors (Lipinski definition) is 1. The molecule has 12 aromatic rings. The highest BCUT2D eigenvalue weighted by Crippen LogP contribution is 2.48. The smallest absolute Gasteiger partial charge is 0.0540 e. The second kappa shape index (κ2) is 16.3. The minimum Gasteiger partial charge on any atom is -0.309 e. The molecule has 0 saturated carbocycles. The van der Waals surface area contributed by atoms with E-state index in [9.17, 15) is 0 Å². The van der Waals surface area contributed by atoms with E-state index in [4.69, 9.17) is 0 Å². The van der Waals surface area contributed by atoms with Gasteiger partial charge in [0.1, 0.15) is 0 Å². The Bertz CT molecular complexity index is 3670. The molecular weight excluding hydrogens is 783 g/mol. The quantitative estimate of drug-likeness (QED) is 0.138. The van der Waals surface area contributed by atoms with Gasteiger partial charge in [0.15, 0.2) is 0 Å². The Morgan fingerprint density at radius 1 is 0.215 bits per heavy atom. The molecule has 1 heteroatoms. The molecule has 0 saturated heterocycles. The zero-order chi connectivity index (χ0) is 43.1. The lowest BCUT2D eigenvalue weighted by Crippen LogP contribution is -2.11. The molecular formula is C64H43N. The summed E-state index contributed by atoms with van der Waals surface area (Å²) in [5, 5.41) is 9.90. The van der Waals surface area contributed by atoms with E-state index in [0.29, 0.717) is 0 Å². The minimum atomic E-state index is 1.09. The van der Waals surface area contributed by atoms with Crippen LogP contribution in [0.25, 0.3) is 98.7 Å². The van der Waals surface area contributed by atoms with Crippen LogP contribution in [-0.2, 0) is 0 Å². The van der Waals surface area contributed by atoms with Crippen LogP contribution in [0.1, 0.15) is 0 Å². The number of nitrogens with zero attached hydrogens (tertiary/aromatic N) is 1. The van der Waals surface area contributed by atoms with Crippen LogP contribution in [0.2, 0.25) is 0 Å². The van der Waals surface area contributed by atoms with Crippen LogP contribution in [0.4, 0.5) is 17.1 Å². The Balaban J connectivity index is 1.02. The number of fused-ring (bicyclic) bond motifs is 5. The summed E-state index contributed by atoms with van der Waals surface area (Å²) in [7, 11) is 0. The molecule has 0 fully saturated rings. The summed E-state index contributed by atoms with van der Waals surface area (Å²) in [5.74, 6) is 0. The van der Waals surface area contributed by atoms with Crippen molar-refractivity contribution in [3.63, 3.8) is 0 Å². The van der Waals surface area contributed by atoms with E-state index in [-0.39, 0.29) is 0 Å². The summed E-state index contributed by atoms with van der Waals surface area (Å²) >= 11 is 0. The second-order valence-corrected chi connectivity index (χ2v) is 16.8. The predicted octanol–water partition coefficient (Wildman–Crippen LogP) is 18.1. The Morgan fingerprint density at radius 2 is 0.662 bits per heavy atom. The van der Waals surface area contributed by atoms with Crippen LogP contribution in [0.15, 0.2) is 261 Å². The average Bonchev–Trinajstić information content (AvgIpc) is 3.39. The zero-order valence-electron chi connectivity index (χ0n) is 35.8. The molecule has 12 aromatic carbocycles. The molecule has 0 bridgehead atoms. The Kier molecular flexibility index (Phi) is 9.58. The van der Waals surface area contributed by atoms with Crippen LogP contribution < -0.4 is 4.90 Å². The fourth-order valence-corrected chi connectivity index (χ4v) is 10.0. The zero-order valence-corrected chi connectivity index (χ0v) is 35.8. The maximum absolute atomic E-state index is 2.45. The third-order valence-electron chi connectivity index (χ3n) is 13.1. The molecule has 0 N–H and O–H groups in total. The van der Waals surface area contributed by atoms with Crippen molar-refractivity contribution in [3.8, 4) is 55.6 Å². The molecule has 0 atom stereocenters. The van der Waals surface area contributed by atoms with E-state index in [1.54, 1.807) is 0 Å². The molecule has 0 unspecified atom stereocenters. The first kappa shape index (κ1) is 38.2. The highest BCUT2D eigenvalue weighted by molar-refractivity contribution is 6.22. The second-order valence-electron chi connectivity index (χ2n) is 16.8. The SMILES string of the molecule is c1ccc(-c2c(-c3ccccc3)c3cc(-c4ccccc4N(c4ccc(-c5ccc(-c6cccc7ccccc67)cc5)cc4)c4cccc5ccccc45)ccc3c3ccccc23)cc1. The van der Waals surface area contributed by atoms with Gasteiger partial charge < -0.3 is 4.90 Å². The lowest BCUT2D eigenvalue weighted by Gasteiger charge is -2.29. The molecule has 0 aliphatic heterocycles. The molecule has 0 amide bonds. The first-order valence-corrected chi connectivity index (χ1v) is 22.4. The van der Waals surface area contributed by atoms with Gasteiger partial charge in [0.25, 0.3) is 0 Å². The van der Waals surface area contributed by atoms with Gasteiger partial charge >= 0.3 is 0 Å². The fraction of sp³-hybridized carbons (Fsp3) is 0. The van der Waals surface area contributed by atoms with Crippen LogP contribution in [0, 0.1) is 0 Å². The number of para-hydroxylation sites is 1. The van der Waals surface area contributed by atoms with E-state index in [0.717, 1.165) is 28.2 Å². The van der Waals surface area contributed by atoms with Crippen molar-refractivity contribution in [1.82, 2.24) is 0 Å². The highest BCUT2D eigenvalue weighted by Gasteiger charge is 2.22. The number of hydrogen-bond donors (Lipinski definition) is 0. The van der Waals surface area contributed by atoms with Crippen molar-refractivity contribution in [2.45, 2.75) is 0 Å². The maximum atomic E-state index is 2.45. The summed E-state index contributed by atoms with van der Waals surface area (Å²) < 4.78 is 0. The van der Waals surface area contributed by atoms with Crippen LogP contribution in [0.3, 0.4) is 0 Å². The minimum absolute atomic E-state index is 1.09. The maximum Gasteiger partial charge on any atom is 0.0540 e. The first-order chi connectivity index (χ1) is 32.3. The van der Waals surface area contributed by atoms with Crippen molar-refractivity contribution in [2.24, 2.45) is 0 Å². The van der Waals surface area contributed by atoms with Crippen LogP contribution in [-0.4, -0.2) is 0 Å². The molecule has 0 aliphatic rings. The average molecular weight is 826 g/mol. The molecule has 304 valence electrons. The molecule has 0 radical (unpaired) electrons. The third kappa shape index (κ3) is 6.82. The standard InChI is InChI=1S/C64H43N/c1-3-19-49(20-4-1)63-59-29-12-11-28-57(59)58-42-39-51(43-60(58)64(63)50-21-5-2-6-22-50)56-27-13-14-31-61(56)65(62-32-16-24-47-18-8-10-26-55(47)62)52-40-37-45(38-41-52)44-33-35-48(36-34-44)54-30-15-23-46-17-7-9-25-53(46)54/h1-43H. The normalized spacial score (nSPS) is 11.4. The Labute approximate surface area is 379 Å².